The van der Waals surface area contributed by atoms with Crippen molar-refractivity contribution in [2.75, 3.05) is 36.8 Å². The van der Waals surface area contributed by atoms with Gasteiger partial charge in [-0.1, -0.05) is 25.1 Å². The molecule has 0 N–H and O–H groups in total. The number of nitrogens with zero attached hydrogens (tertiary/aromatic N) is 4. The molecule has 2 aromatic rings. The Labute approximate surface area is 150 Å². The van der Waals surface area contributed by atoms with Crippen LogP contribution in [0.15, 0.2) is 30.3 Å². The Morgan fingerprint density at radius 3 is 2.28 bits per heavy atom. The smallest absolute Gasteiger partial charge is 0.214 e. The van der Waals surface area contributed by atoms with E-state index in [1.54, 1.807) is 4.31 Å². The van der Waals surface area contributed by atoms with E-state index in [2.05, 4.69) is 11.8 Å². The van der Waals surface area contributed by atoms with E-state index in [0.29, 0.717) is 32.6 Å². The van der Waals surface area contributed by atoms with Crippen molar-refractivity contribution < 1.29 is 8.42 Å². The summed E-state index contributed by atoms with van der Waals surface area (Å²) in [5.74, 6) is 0.233. The molecule has 3 rings (SSSR count). The molecule has 0 bridgehead atoms. The molecule has 0 amide bonds. The zero-order valence-electron chi connectivity index (χ0n) is 15.1. The molecule has 25 heavy (non-hydrogen) atoms. The molecule has 1 aliphatic heterocycles. The number of aromatic nitrogens is 2. The fourth-order valence-electron chi connectivity index (χ4n) is 3.49. The van der Waals surface area contributed by atoms with E-state index >= 15 is 0 Å². The van der Waals surface area contributed by atoms with E-state index in [0.717, 1.165) is 22.8 Å². The van der Waals surface area contributed by atoms with Gasteiger partial charge < -0.3 is 4.90 Å². The average Bonchev–Trinajstić information content (AvgIpc) is 2.90. The van der Waals surface area contributed by atoms with Crippen molar-refractivity contribution >= 4 is 15.7 Å². The van der Waals surface area contributed by atoms with Gasteiger partial charge in [-0.25, -0.2) is 13.1 Å². The molecule has 1 aliphatic rings. The standard InChI is InChI=1S/C18H26N4O2S/c1-4-14-25(23,24)21-12-10-20(11-13-21)18-15(2)19-22(16(18)3)17-8-6-5-7-9-17/h5-9H,4,10-14H2,1-3H3. The predicted molar refractivity (Wildman–Crippen MR) is 101 cm³/mol. The molecule has 1 fully saturated rings. The van der Waals surface area contributed by atoms with E-state index in [4.69, 9.17) is 5.10 Å². The van der Waals surface area contributed by atoms with Crippen LogP contribution in [0.2, 0.25) is 0 Å². The minimum absolute atomic E-state index is 0.233. The molecule has 0 radical (unpaired) electrons. The molecule has 0 atom stereocenters. The van der Waals surface area contributed by atoms with Crippen LogP contribution in [0.3, 0.4) is 0 Å². The Hall–Kier alpha value is -1.86. The monoisotopic (exact) mass is 362 g/mol. The molecule has 136 valence electrons. The Morgan fingerprint density at radius 1 is 1.04 bits per heavy atom. The first-order valence-electron chi connectivity index (χ1n) is 8.78. The molecule has 0 aliphatic carbocycles. The van der Waals surface area contributed by atoms with Crippen molar-refractivity contribution in [3.8, 4) is 5.69 Å². The highest BCUT2D eigenvalue weighted by molar-refractivity contribution is 7.89. The summed E-state index contributed by atoms with van der Waals surface area (Å²) < 4.78 is 28.1. The summed E-state index contributed by atoms with van der Waals surface area (Å²) in [6.45, 7) is 8.47. The maximum atomic E-state index is 12.2. The number of hydrogen-bond acceptors (Lipinski definition) is 4. The molecule has 0 unspecified atom stereocenters. The van der Waals surface area contributed by atoms with Crippen molar-refractivity contribution in [3.05, 3.63) is 41.7 Å². The molecule has 2 heterocycles. The van der Waals surface area contributed by atoms with Gasteiger partial charge in [0.25, 0.3) is 0 Å². The Kier molecular flexibility index (Phi) is 5.15. The van der Waals surface area contributed by atoms with Crippen LogP contribution in [0.5, 0.6) is 0 Å². The van der Waals surface area contributed by atoms with Gasteiger partial charge in [-0.2, -0.15) is 9.40 Å². The first-order valence-corrected chi connectivity index (χ1v) is 10.4. The van der Waals surface area contributed by atoms with Crippen molar-refractivity contribution in [1.29, 1.82) is 0 Å². The number of aryl methyl sites for hydroxylation is 1. The highest BCUT2D eigenvalue weighted by Crippen LogP contribution is 2.28. The van der Waals surface area contributed by atoms with E-state index in [1.165, 1.54) is 0 Å². The molecule has 1 aromatic carbocycles. The van der Waals surface area contributed by atoms with Gasteiger partial charge in [-0.05, 0) is 32.4 Å². The van der Waals surface area contributed by atoms with E-state index in [1.807, 2.05) is 48.9 Å². The number of sulfonamides is 1. The number of rotatable bonds is 5. The zero-order chi connectivity index (χ0) is 18.0. The van der Waals surface area contributed by atoms with Gasteiger partial charge in [-0.15, -0.1) is 0 Å². The molecule has 0 spiro atoms. The van der Waals surface area contributed by atoms with Gasteiger partial charge >= 0.3 is 0 Å². The van der Waals surface area contributed by atoms with E-state index < -0.39 is 10.0 Å². The lowest BCUT2D eigenvalue weighted by Gasteiger charge is -2.35. The van der Waals surface area contributed by atoms with Gasteiger partial charge in [-0.3, -0.25) is 0 Å². The largest absolute Gasteiger partial charge is 0.366 e. The van der Waals surface area contributed by atoms with Crippen LogP contribution < -0.4 is 4.90 Å². The van der Waals surface area contributed by atoms with Crippen LogP contribution in [-0.2, 0) is 10.0 Å². The topological polar surface area (TPSA) is 58.4 Å². The third-order valence-corrected chi connectivity index (χ3v) is 6.74. The number of piperazine rings is 1. The number of benzene rings is 1. The van der Waals surface area contributed by atoms with Crippen LogP contribution in [-0.4, -0.2) is 54.4 Å². The van der Waals surface area contributed by atoms with Gasteiger partial charge in [0.2, 0.25) is 10.0 Å². The lowest BCUT2D eigenvalue weighted by atomic mass is 10.2. The van der Waals surface area contributed by atoms with Gasteiger partial charge in [0, 0.05) is 26.2 Å². The van der Waals surface area contributed by atoms with Crippen molar-refractivity contribution in [2.24, 2.45) is 0 Å². The van der Waals surface area contributed by atoms with Crippen LogP contribution in [0, 0.1) is 13.8 Å². The molecular formula is C18H26N4O2S. The molecule has 6 nitrogen and oxygen atoms in total. The van der Waals surface area contributed by atoms with Crippen LogP contribution in [0.4, 0.5) is 5.69 Å². The third kappa shape index (κ3) is 3.57. The third-order valence-electron chi connectivity index (χ3n) is 4.66. The van der Waals surface area contributed by atoms with Gasteiger partial charge in [0.15, 0.2) is 0 Å². The molecular weight excluding hydrogens is 336 g/mol. The number of para-hydroxylation sites is 1. The van der Waals surface area contributed by atoms with Crippen molar-refractivity contribution in [1.82, 2.24) is 14.1 Å². The minimum Gasteiger partial charge on any atom is -0.366 e. The molecule has 0 saturated carbocycles. The zero-order valence-corrected chi connectivity index (χ0v) is 16.0. The predicted octanol–water partition coefficient (Wildman–Crippen LogP) is 2.35. The lowest BCUT2D eigenvalue weighted by Crippen LogP contribution is -2.49. The average molecular weight is 362 g/mol. The lowest BCUT2D eigenvalue weighted by molar-refractivity contribution is 0.384. The maximum absolute atomic E-state index is 12.2. The second-order valence-electron chi connectivity index (χ2n) is 6.47. The number of hydrogen-bond donors (Lipinski definition) is 0. The normalized spacial score (nSPS) is 16.4. The van der Waals surface area contributed by atoms with Crippen LogP contribution in [0.1, 0.15) is 24.7 Å². The summed E-state index contributed by atoms with van der Waals surface area (Å²) in [7, 11) is -3.11. The van der Waals surface area contributed by atoms with Crippen LogP contribution in [0.25, 0.3) is 5.69 Å². The summed E-state index contributed by atoms with van der Waals surface area (Å²) in [4.78, 5) is 2.26. The van der Waals surface area contributed by atoms with Crippen LogP contribution >= 0.6 is 0 Å². The Balaban J connectivity index is 1.80. The van der Waals surface area contributed by atoms with Crippen molar-refractivity contribution in [2.45, 2.75) is 27.2 Å². The highest BCUT2D eigenvalue weighted by Gasteiger charge is 2.28. The van der Waals surface area contributed by atoms with Gasteiger partial charge in [0.05, 0.1) is 28.5 Å². The Morgan fingerprint density at radius 2 is 1.68 bits per heavy atom. The Bertz CT molecular complexity index is 822. The minimum atomic E-state index is -3.11. The quantitative estimate of drug-likeness (QED) is 0.819. The first kappa shape index (κ1) is 17.9. The highest BCUT2D eigenvalue weighted by atomic mass is 32.2. The summed E-state index contributed by atoms with van der Waals surface area (Å²) in [6.07, 6.45) is 0.657. The van der Waals surface area contributed by atoms with Crippen molar-refractivity contribution in [3.63, 3.8) is 0 Å². The molecule has 1 saturated heterocycles. The second-order valence-corrected chi connectivity index (χ2v) is 8.56. The number of anilines is 1. The summed E-state index contributed by atoms with van der Waals surface area (Å²) >= 11 is 0. The SMILES string of the molecule is CCCS(=O)(=O)N1CCN(c2c(C)nn(-c3ccccc3)c2C)CC1. The van der Waals surface area contributed by atoms with E-state index in [9.17, 15) is 8.42 Å². The van der Waals surface area contributed by atoms with E-state index in [-0.39, 0.29) is 5.75 Å². The summed E-state index contributed by atoms with van der Waals surface area (Å²) in [5, 5.41) is 4.70. The summed E-state index contributed by atoms with van der Waals surface area (Å²) in [5.41, 5.74) is 4.23. The van der Waals surface area contributed by atoms with Gasteiger partial charge in [0.1, 0.15) is 0 Å². The maximum Gasteiger partial charge on any atom is 0.214 e. The fourth-order valence-corrected chi connectivity index (χ4v) is 4.98. The molecule has 1 aromatic heterocycles. The second kappa shape index (κ2) is 7.17. The summed E-state index contributed by atoms with van der Waals surface area (Å²) in [6, 6.07) is 10.1. The fraction of sp³-hybridized carbons (Fsp3) is 0.500. The molecule has 7 heteroatoms. The first-order chi connectivity index (χ1) is 11.9.